The molecular weight excluding hydrogens is 308 g/mol. The molecule has 132 valence electrons. The maximum Gasteiger partial charge on any atom is 0.0960 e. The van der Waals surface area contributed by atoms with Gasteiger partial charge >= 0.3 is 0 Å². The lowest BCUT2D eigenvalue weighted by Gasteiger charge is -2.25. The summed E-state index contributed by atoms with van der Waals surface area (Å²) in [5.41, 5.74) is 3.07. The predicted octanol–water partition coefficient (Wildman–Crippen LogP) is 5.68. The molecule has 3 heteroatoms. The van der Waals surface area contributed by atoms with Gasteiger partial charge in [0.2, 0.25) is 0 Å². The Morgan fingerprint density at radius 2 is 1.68 bits per heavy atom. The van der Waals surface area contributed by atoms with Crippen LogP contribution in [-0.2, 0) is 23.5 Å². The number of rotatable bonds is 8. The van der Waals surface area contributed by atoms with Crippen molar-refractivity contribution in [2.24, 2.45) is 0 Å². The summed E-state index contributed by atoms with van der Waals surface area (Å²) in [6.45, 7) is 7.94. The molecule has 0 radical (unpaired) electrons. The van der Waals surface area contributed by atoms with E-state index in [4.69, 9.17) is 9.84 Å². The van der Waals surface area contributed by atoms with Crippen LogP contribution in [0.1, 0.15) is 51.3 Å². The molecule has 3 nitrogen and oxygen atoms in total. The van der Waals surface area contributed by atoms with Gasteiger partial charge in [-0.15, -0.1) is 0 Å². The maximum atomic E-state index is 6.27. The number of fused-ring (bicyclic) bond motifs is 1. The molecule has 0 saturated heterocycles. The van der Waals surface area contributed by atoms with E-state index in [1.54, 1.807) is 0 Å². The average molecular weight is 336 g/mol. The fourth-order valence-corrected chi connectivity index (χ4v) is 3.16. The number of aromatic nitrogens is 2. The number of para-hydroxylation sites is 1. The molecule has 2 aromatic carbocycles. The van der Waals surface area contributed by atoms with Gasteiger partial charge in [0.25, 0.3) is 0 Å². The van der Waals surface area contributed by atoms with Crippen molar-refractivity contribution in [1.29, 1.82) is 0 Å². The summed E-state index contributed by atoms with van der Waals surface area (Å²) in [5.74, 6) is 0. The molecule has 0 aliphatic heterocycles. The summed E-state index contributed by atoms with van der Waals surface area (Å²) < 4.78 is 8.41. The summed E-state index contributed by atoms with van der Waals surface area (Å²) in [4.78, 5) is 0. The summed E-state index contributed by atoms with van der Waals surface area (Å²) in [6, 6.07) is 18.8. The molecule has 0 atom stereocenters. The van der Waals surface area contributed by atoms with Crippen LogP contribution in [0.15, 0.2) is 54.6 Å². The third-order valence-electron chi connectivity index (χ3n) is 4.75. The van der Waals surface area contributed by atoms with Crippen LogP contribution in [0.25, 0.3) is 10.9 Å². The first kappa shape index (κ1) is 17.7. The molecule has 0 amide bonds. The Morgan fingerprint density at radius 3 is 2.44 bits per heavy atom. The monoisotopic (exact) mass is 336 g/mol. The van der Waals surface area contributed by atoms with Crippen molar-refractivity contribution in [3.63, 3.8) is 0 Å². The first-order valence-corrected chi connectivity index (χ1v) is 9.25. The first-order chi connectivity index (χ1) is 12.1. The Labute approximate surface area is 150 Å². The minimum atomic E-state index is -0.339. The van der Waals surface area contributed by atoms with Gasteiger partial charge in [0.05, 0.1) is 23.4 Å². The van der Waals surface area contributed by atoms with Gasteiger partial charge in [-0.1, -0.05) is 68.3 Å². The first-order valence-electron chi connectivity index (χ1n) is 9.25. The Bertz CT molecular complexity index is 805. The van der Waals surface area contributed by atoms with Crippen molar-refractivity contribution in [3.8, 4) is 0 Å². The summed E-state index contributed by atoms with van der Waals surface area (Å²) >= 11 is 0. The molecule has 0 aliphatic rings. The van der Waals surface area contributed by atoms with E-state index < -0.39 is 0 Å². The minimum Gasteiger partial charge on any atom is -0.364 e. The smallest absolute Gasteiger partial charge is 0.0960 e. The third kappa shape index (κ3) is 4.10. The van der Waals surface area contributed by atoms with Gasteiger partial charge in [0.15, 0.2) is 0 Å². The number of ether oxygens (including phenoxy) is 1. The normalized spacial score (nSPS) is 12.0. The second kappa shape index (κ2) is 7.83. The summed E-state index contributed by atoms with van der Waals surface area (Å²) in [6.07, 6.45) is 3.62. The number of benzene rings is 2. The van der Waals surface area contributed by atoms with Crippen LogP contribution in [0, 0.1) is 0 Å². The standard InChI is InChI=1S/C22H28N2O/c1-4-5-11-16-24-21-15-10-9-14-19(21)20(23-24)17-25-22(2,3)18-12-7-6-8-13-18/h6-10,12-15H,4-5,11,16-17H2,1-3H3. The quantitative estimate of drug-likeness (QED) is 0.495. The molecule has 3 rings (SSSR count). The molecule has 0 spiro atoms. The molecule has 0 N–H and O–H groups in total. The van der Waals surface area contributed by atoms with E-state index >= 15 is 0 Å². The molecule has 0 unspecified atom stereocenters. The fourth-order valence-electron chi connectivity index (χ4n) is 3.16. The van der Waals surface area contributed by atoms with Gasteiger partial charge in [-0.25, -0.2) is 0 Å². The van der Waals surface area contributed by atoms with E-state index in [1.165, 1.54) is 29.3 Å². The van der Waals surface area contributed by atoms with E-state index in [0.29, 0.717) is 6.61 Å². The van der Waals surface area contributed by atoms with Gasteiger partial charge in [0, 0.05) is 11.9 Å². The molecule has 3 aromatic rings. The van der Waals surface area contributed by atoms with Crippen molar-refractivity contribution in [3.05, 3.63) is 65.9 Å². The largest absolute Gasteiger partial charge is 0.364 e. The average Bonchev–Trinajstić information content (AvgIpc) is 2.99. The van der Waals surface area contributed by atoms with Gasteiger partial charge in [-0.2, -0.15) is 5.10 Å². The van der Waals surface area contributed by atoms with E-state index in [1.807, 2.05) is 6.07 Å². The predicted molar refractivity (Wildman–Crippen MR) is 104 cm³/mol. The van der Waals surface area contributed by atoms with Crippen molar-refractivity contribution >= 4 is 10.9 Å². The van der Waals surface area contributed by atoms with Gasteiger partial charge in [-0.3, -0.25) is 4.68 Å². The van der Waals surface area contributed by atoms with Gasteiger partial charge in [-0.05, 0) is 31.9 Å². The van der Waals surface area contributed by atoms with Crippen LogP contribution >= 0.6 is 0 Å². The zero-order valence-electron chi connectivity index (χ0n) is 15.5. The number of hydrogen-bond donors (Lipinski definition) is 0. The van der Waals surface area contributed by atoms with Crippen molar-refractivity contribution in [2.75, 3.05) is 0 Å². The van der Waals surface area contributed by atoms with Crippen LogP contribution in [0.3, 0.4) is 0 Å². The van der Waals surface area contributed by atoms with Gasteiger partial charge in [0.1, 0.15) is 0 Å². The Balaban J connectivity index is 1.79. The van der Waals surface area contributed by atoms with Crippen molar-refractivity contribution in [2.45, 2.75) is 58.8 Å². The highest BCUT2D eigenvalue weighted by molar-refractivity contribution is 5.81. The molecule has 0 fully saturated rings. The highest BCUT2D eigenvalue weighted by Gasteiger charge is 2.22. The van der Waals surface area contributed by atoms with Crippen LogP contribution in [0.2, 0.25) is 0 Å². The van der Waals surface area contributed by atoms with Crippen LogP contribution in [0.4, 0.5) is 0 Å². The van der Waals surface area contributed by atoms with Gasteiger partial charge < -0.3 is 4.74 Å². The molecular formula is C22H28N2O. The molecule has 1 heterocycles. The van der Waals surface area contributed by atoms with Crippen LogP contribution < -0.4 is 0 Å². The highest BCUT2D eigenvalue weighted by Crippen LogP contribution is 2.27. The summed E-state index contributed by atoms with van der Waals surface area (Å²) in [7, 11) is 0. The third-order valence-corrected chi connectivity index (χ3v) is 4.75. The Hall–Kier alpha value is -2.13. The lowest BCUT2D eigenvalue weighted by atomic mass is 9.98. The van der Waals surface area contributed by atoms with E-state index in [9.17, 15) is 0 Å². The highest BCUT2D eigenvalue weighted by atomic mass is 16.5. The van der Waals surface area contributed by atoms with Crippen LogP contribution in [-0.4, -0.2) is 9.78 Å². The summed E-state index contributed by atoms with van der Waals surface area (Å²) in [5, 5.41) is 6.05. The fraction of sp³-hybridized carbons (Fsp3) is 0.409. The zero-order chi connectivity index (χ0) is 17.7. The van der Waals surface area contributed by atoms with Crippen molar-refractivity contribution in [1.82, 2.24) is 9.78 Å². The molecule has 0 saturated carbocycles. The topological polar surface area (TPSA) is 27.1 Å². The molecule has 0 bridgehead atoms. The maximum absolute atomic E-state index is 6.27. The SMILES string of the molecule is CCCCCn1nc(COC(C)(C)c2ccccc2)c2ccccc21. The number of aryl methyl sites for hydroxylation is 1. The molecule has 0 aliphatic carbocycles. The second-order valence-electron chi connectivity index (χ2n) is 7.06. The second-order valence-corrected chi connectivity index (χ2v) is 7.06. The number of unbranched alkanes of at least 4 members (excludes halogenated alkanes) is 2. The van der Waals surface area contributed by atoms with Crippen molar-refractivity contribution < 1.29 is 4.74 Å². The lowest BCUT2D eigenvalue weighted by Crippen LogP contribution is -2.21. The Morgan fingerprint density at radius 1 is 0.960 bits per heavy atom. The van der Waals surface area contributed by atoms with Crippen LogP contribution in [0.5, 0.6) is 0 Å². The van der Waals surface area contributed by atoms with E-state index in [0.717, 1.165) is 18.7 Å². The lowest BCUT2D eigenvalue weighted by molar-refractivity contribution is -0.0348. The molecule has 25 heavy (non-hydrogen) atoms. The van der Waals surface area contributed by atoms with E-state index in [-0.39, 0.29) is 5.60 Å². The van der Waals surface area contributed by atoms with E-state index in [2.05, 4.69) is 74.0 Å². The zero-order valence-corrected chi connectivity index (χ0v) is 15.5. The number of hydrogen-bond acceptors (Lipinski definition) is 2. The minimum absolute atomic E-state index is 0.339. The molecule has 1 aromatic heterocycles. The Kier molecular flexibility index (Phi) is 5.54. The number of nitrogens with zero attached hydrogens (tertiary/aromatic N) is 2.